The summed E-state index contributed by atoms with van der Waals surface area (Å²) in [5.41, 5.74) is 0. The van der Waals surface area contributed by atoms with E-state index in [1.165, 1.54) is 0 Å². The Morgan fingerprint density at radius 1 is 1.67 bits per heavy atom. The van der Waals surface area contributed by atoms with Gasteiger partial charge in [-0.15, -0.1) is 6.58 Å². The van der Waals surface area contributed by atoms with Crippen molar-refractivity contribution in [2.75, 3.05) is 13.7 Å². The quantitative estimate of drug-likeness (QED) is 0.432. The highest BCUT2D eigenvalue weighted by Gasteiger charge is 2.11. The predicted octanol–water partition coefficient (Wildman–Crippen LogP) is 2.19. The van der Waals surface area contributed by atoms with Crippen molar-refractivity contribution >= 4 is 5.78 Å². The number of carbonyl (C=O) groups excluding carboxylic acids is 1. The van der Waals surface area contributed by atoms with Crippen LogP contribution in [0.1, 0.15) is 26.2 Å². The summed E-state index contributed by atoms with van der Waals surface area (Å²) in [4.78, 5) is 11.0. The van der Waals surface area contributed by atoms with Crippen molar-refractivity contribution in [3.63, 3.8) is 0 Å². The Hall–Kier alpha value is -0.630. The molecule has 0 aromatic carbocycles. The zero-order chi connectivity index (χ0) is 9.40. The Kier molecular flexibility index (Phi) is 6.67. The van der Waals surface area contributed by atoms with Crippen molar-refractivity contribution in [2.24, 2.45) is 5.92 Å². The fourth-order valence-corrected chi connectivity index (χ4v) is 1.16. The van der Waals surface area contributed by atoms with E-state index in [2.05, 4.69) is 6.58 Å². The standard InChI is InChI=1S/C10H18O2/c1-4-6-10(9(2)11)7-5-8-12-3/h4,10H,1,5-8H2,2-3H3. The molecule has 1 atom stereocenters. The number of ether oxygens (including phenoxy) is 1. The third-order valence-corrected chi connectivity index (χ3v) is 1.93. The van der Waals surface area contributed by atoms with Crippen molar-refractivity contribution in [1.29, 1.82) is 0 Å². The molecular formula is C10H18O2. The van der Waals surface area contributed by atoms with Crippen LogP contribution in [0.15, 0.2) is 12.7 Å². The molecular weight excluding hydrogens is 152 g/mol. The van der Waals surface area contributed by atoms with Crippen LogP contribution >= 0.6 is 0 Å². The zero-order valence-electron chi connectivity index (χ0n) is 8.01. The summed E-state index contributed by atoms with van der Waals surface area (Å²) in [5, 5.41) is 0. The SMILES string of the molecule is C=CCC(CCCOC)C(C)=O. The number of rotatable bonds is 7. The van der Waals surface area contributed by atoms with E-state index < -0.39 is 0 Å². The molecule has 0 fully saturated rings. The van der Waals surface area contributed by atoms with E-state index in [0.29, 0.717) is 0 Å². The van der Waals surface area contributed by atoms with Crippen LogP contribution in [-0.2, 0) is 9.53 Å². The molecule has 0 heterocycles. The van der Waals surface area contributed by atoms with Gasteiger partial charge in [-0.3, -0.25) is 4.79 Å². The molecule has 0 aliphatic carbocycles. The fourth-order valence-electron chi connectivity index (χ4n) is 1.16. The third-order valence-electron chi connectivity index (χ3n) is 1.93. The van der Waals surface area contributed by atoms with Gasteiger partial charge in [-0.25, -0.2) is 0 Å². The fraction of sp³-hybridized carbons (Fsp3) is 0.700. The molecule has 70 valence electrons. The van der Waals surface area contributed by atoms with Gasteiger partial charge in [0.15, 0.2) is 0 Å². The summed E-state index contributed by atoms with van der Waals surface area (Å²) < 4.78 is 4.91. The molecule has 12 heavy (non-hydrogen) atoms. The monoisotopic (exact) mass is 170 g/mol. The lowest BCUT2D eigenvalue weighted by Gasteiger charge is -2.09. The molecule has 0 aliphatic heterocycles. The van der Waals surface area contributed by atoms with E-state index in [9.17, 15) is 4.79 Å². The van der Waals surface area contributed by atoms with Gasteiger partial charge >= 0.3 is 0 Å². The van der Waals surface area contributed by atoms with E-state index in [1.807, 2.05) is 0 Å². The van der Waals surface area contributed by atoms with E-state index in [0.717, 1.165) is 25.9 Å². The first-order valence-corrected chi connectivity index (χ1v) is 4.32. The van der Waals surface area contributed by atoms with E-state index >= 15 is 0 Å². The first-order chi connectivity index (χ1) is 5.72. The molecule has 0 N–H and O–H groups in total. The number of hydrogen-bond donors (Lipinski definition) is 0. The van der Waals surface area contributed by atoms with Gasteiger partial charge in [0.05, 0.1) is 0 Å². The van der Waals surface area contributed by atoms with Gasteiger partial charge in [-0.1, -0.05) is 6.08 Å². The first-order valence-electron chi connectivity index (χ1n) is 4.32. The minimum absolute atomic E-state index is 0.151. The van der Waals surface area contributed by atoms with Gasteiger partial charge in [0.25, 0.3) is 0 Å². The third kappa shape index (κ3) is 5.08. The van der Waals surface area contributed by atoms with Crippen LogP contribution < -0.4 is 0 Å². The smallest absolute Gasteiger partial charge is 0.133 e. The number of allylic oxidation sites excluding steroid dienone is 1. The summed E-state index contributed by atoms with van der Waals surface area (Å²) >= 11 is 0. The van der Waals surface area contributed by atoms with Gasteiger partial charge in [0, 0.05) is 19.6 Å². The molecule has 2 heteroatoms. The second kappa shape index (κ2) is 7.04. The van der Waals surface area contributed by atoms with Crippen LogP contribution in [0.2, 0.25) is 0 Å². The summed E-state index contributed by atoms with van der Waals surface area (Å²) in [6.45, 7) is 6.00. The molecule has 0 bridgehead atoms. The highest BCUT2D eigenvalue weighted by molar-refractivity contribution is 5.78. The van der Waals surface area contributed by atoms with Gasteiger partial charge in [0.2, 0.25) is 0 Å². The molecule has 2 nitrogen and oxygen atoms in total. The molecule has 0 amide bonds. The van der Waals surface area contributed by atoms with Crippen molar-refractivity contribution in [3.05, 3.63) is 12.7 Å². The van der Waals surface area contributed by atoms with Crippen LogP contribution in [0, 0.1) is 5.92 Å². The first kappa shape index (κ1) is 11.4. The number of ketones is 1. The molecule has 0 aliphatic rings. The van der Waals surface area contributed by atoms with Crippen LogP contribution in [0.25, 0.3) is 0 Å². The number of methoxy groups -OCH3 is 1. The number of Topliss-reactive ketones (excluding diaryl/α,β-unsaturated/α-hetero) is 1. The highest BCUT2D eigenvalue weighted by atomic mass is 16.5. The largest absolute Gasteiger partial charge is 0.385 e. The predicted molar refractivity (Wildman–Crippen MR) is 50.1 cm³/mol. The van der Waals surface area contributed by atoms with Gasteiger partial charge in [-0.2, -0.15) is 0 Å². The van der Waals surface area contributed by atoms with Crippen molar-refractivity contribution in [2.45, 2.75) is 26.2 Å². The average molecular weight is 170 g/mol. The second-order valence-electron chi connectivity index (χ2n) is 2.97. The molecule has 1 unspecified atom stereocenters. The summed E-state index contributed by atoms with van der Waals surface area (Å²) in [5.74, 6) is 0.406. The van der Waals surface area contributed by atoms with Crippen molar-refractivity contribution in [3.8, 4) is 0 Å². The average Bonchev–Trinajstić information content (AvgIpc) is 2.03. The molecule has 0 radical (unpaired) electrons. The van der Waals surface area contributed by atoms with Crippen LogP contribution in [0.3, 0.4) is 0 Å². The highest BCUT2D eigenvalue weighted by Crippen LogP contribution is 2.12. The maximum absolute atomic E-state index is 11.0. The number of hydrogen-bond acceptors (Lipinski definition) is 2. The van der Waals surface area contributed by atoms with Crippen LogP contribution in [-0.4, -0.2) is 19.5 Å². The Morgan fingerprint density at radius 3 is 2.75 bits per heavy atom. The summed E-state index contributed by atoms with van der Waals surface area (Å²) in [7, 11) is 1.68. The molecule has 0 aromatic rings. The summed E-state index contributed by atoms with van der Waals surface area (Å²) in [6.07, 6.45) is 4.46. The zero-order valence-corrected chi connectivity index (χ0v) is 8.01. The lowest BCUT2D eigenvalue weighted by Crippen LogP contribution is -2.10. The Labute approximate surface area is 74.6 Å². The Morgan fingerprint density at radius 2 is 2.33 bits per heavy atom. The van der Waals surface area contributed by atoms with E-state index in [4.69, 9.17) is 4.74 Å². The lowest BCUT2D eigenvalue weighted by molar-refractivity contribution is -0.120. The Bertz CT molecular complexity index is 141. The van der Waals surface area contributed by atoms with Gasteiger partial charge < -0.3 is 4.74 Å². The maximum atomic E-state index is 11.0. The number of carbonyl (C=O) groups is 1. The van der Waals surface area contributed by atoms with Crippen LogP contribution in [0.5, 0.6) is 0 Å². The topological polar surface area (TPSA) is 26.3 Å². The van der Waals surface area contributed by atoms with Crippen molar-refractivity contribution in [1.82, 2.24) is 0 Å². The van der Waals surface area contributed by atoms with Gasteiger partial charge in [0.1, 0.15) is 5.78 Å². The Balaban J connectivity index is 3.63. The molecule has 0 saturated carbocycles. The second-order valence-corrected chi connectivity index (χ2v) is 2.97. The normalized spacial score (nSPS) is 12.5. The lowest BCUT2D eigenvalue weighted by atomic mass is 9.96. The van der Waals surface area contributed by atoms with E-state index in [1.54, 1.807) is 20.1 Å². The van der Waals surface area contributed by atoms with Gasteiger partial charge in [-0.05, 0) is 26.2 Å². The molecule has 0 rings (SSSR count). The molecule has 0 saturated heterocycles. The van der Waals surface area contributed by atoms with Crippen molar-refractivity contribution < 1.29 is 9.53 Å². The van der Waals surface area contributed by atoms with E-state index in [-0.39, 0.29) is 11.7 Å². The maximum Gasteiger partial charge on any atom is 0.133 e. The minimum atomic E-state index is 0.151. The summed E-state index contributed by atoms with van der Waals surface area (Å²) in [6, 6.07) is 0. The minimum Gasteiger partial charge on any atom is -0.385 e. The molecule has 0 aromatic heterocycles. The van der Waals surface area contributed by atoms with Crippen LogP contribution in [0.4, 0.5) is 0 Å². The molecule has 0 spiro atoms.